The molecule has 0 bridgehead atoms. The molecule has 3 N–H and O–H groups in total. The average molecular weight is 1080 g/mol. The first-order chi connectivity index (χ1) is 37.8. The Hall–Kier alpha value is -9.80. The SMILES string of the molecule is C#CC(C)(C)NC(=O)c1ncn2c(C)cc(-c3cc(C)cc(F)c3)nc12.C#CC(C)(C)NC(=O)c1ncn2c(C)cc(-c3cc(F)cc(F)c3)nc12.C#CC(C)(C)NC(=O)c1ncn2c(C)cc(-c3cccc(OC4CC4)c3)nc12. The fourth-order valence-electron chi connectivity index (χ4n) is 8.12. The van der Waals surface area contributed by atoms with Gasteiger partial charge in [-0.15, -0.1) is 19.3 Å². The fourth-order valence-corrected chi connectivity index (χ4v) is 8.12. The van der Waals surface area contributed by atoms with E-state index in [0.717, 1.165) is 52.9 Å². The lowest BCUT2D eigenvalue weighted by atomic mass is 10.1. The third-order valence-electron chi connectivity index (χ3n) is 12.5. The smallest absolute Gasteiger partial charge is 0.274 e. The predicted octanol–water partition coefficient (Wildman–Crippen LogP) is 9.81. The molecule has 16 nitrogen and oxygen atoms in total. The second-order valence-electron chi connectivity index (χ2n) is 20.9. The summed E-state index contributed by atoms with van der Waals surface area (Å²) in [6, 6.07) is 21.2. The minimum absolute atomic E-state index is 0.0788. The van der Waals surface area contributed by atoms with Gasteiger partial charge in [0.05, 0.1) is 39.8 Å². The van der Waals surface area contributed by atoms with Crippen LogP contribution in [-0.4, -0.2) is 83.5 Å². The van der Waals surface area contributed by atoms with Crippen LogP contribution in [0.4, 0.5) is 13.2 Å². The van der Waals surface area contributed by atoms with Gasteiger partial charge in [0, 0.05) is 39.8 Å². The predicted molar refractivity (Wildman–Crippen MR) is 299 cm³/mol. The summed E-state index contributed by atoms with van der Waals surface area (Å²) in [4.78, 5) is 64.0. The molecule has 80 heavy (non-hydrogen) atoms. The monoisotopic (exact) mass is 1080 g/mol. The molecule has 9 aromatic rings. The van der Waals surface area contributed by atoms with Crippen LogP contribution in [-0.2, 0) is 0 Å². The van der Waals surface area contributed by atoms with Gasteiger partial charge in [0.15, 0.2) is 34.0 Å². The van der Waals surface area contributed by atoms with Crippen LogP contribution in [0.5, 0.6) is 5.75 Å². The summed E-state index contributed by atoms with van der Waals surface area (Å²) in [5.41, 5.74) is 5.99. The Bertz CT molecular complexity index is 3840. The summed E-state index contributed by atoms with van der Waals surface area (Å²) in [5, 5.41) is 8.24. The number of fused-ring (bicyclic) bond motifs is 3. The van der Waals surface area contributed by atoms with Crippen molar-refractivity contribution in [3.8, 4) is 76.6 Å². The number of terminal acetylenes is 3. The number of carbonyl (C=O) groups is 3. The number of ether oxygens (including phenoxy) is 1. The third-order valence-corrected chi connectivity index (χ3v) is 12.5. The van der Waals surface area contributed by atoms with Gasteiger partial charge in [0.25, 0.3) is 17.7 Å². The highest BCUT2D eigenvalue weighted by Gasteiger charge is 2.27. The Balaban J connectivity index is 0.000000158. The van der Waals surface area contributed by atoms with Crippen molar-refractivity contribution in [2.24, 2.45) is 0 Å². The zero-order valence-corrected chi connectivity index (χ0v) is 45.8. The fraction of sp³-hybridized carbons (Fsp3) is 0.262. The third kappa shape index (κ3) is 13.0. The Morgan fingerprint density at radius 2 is 0.887 bits per heavy atom. The molecule has 0 spiro atoms. The van der Waals surface area contributed by atoms with Crippen LogP contribution in [0.1, 0.15) is 108 Å². The molecule has 0 radical (unpaired) electrons. The molecule has 3 amide bonds. The molecule has 19 heteroatoms. The van der Waals surface area contributed by atoms with Gasteiger partial charge in [0.2, 0.25) is 0 Å². The van der Waals surface area contributed by atoms with Crippen molar-refractivity contribution in [2.45, 2.75) is 105 Å². The first-order valence-electron chi connectivity index (χ1n) is 25.2. The van der Waals surface area contributed by atoms with Crippen molar-refractivity contribution in [1.29, 1.82) is 0 Å². The summed E-state index contributed by atoms with van der Waals surface area (Å²) in [5.74, 6) is 5.40. The lowest BCUT2D eigenvalue weighted by Gasteiger charge is -2.18. The minimum atomic E-state index is -0.856. The summed E-state index contributed by atoms with van der Waals surface area (Å²) in [6.07, 6.45) is 23.5. The van der Waals surface area contributed by atoms with Gasteiger partial charge in [-0.05, 0) is 148 Å². The van der Waals surface area contributed by atoms with Crippen molar-refractivity contribution in [1.82, 2.24) is 59.1 Å². The Morgan fingerprint density at radius 1 is 0.525 bits per heavy atom. The van der Waals surface area contributed by atoms with Crippen LogP contribution in [0.2, 0.25) is 0 Å². The number of amides is 3. The molecule has 0 aliphatic heterocycles. The maximum Gasteiger partial charge on any atom is 0.274 e. The molecule has 0 saturated heterocycles. The zero-order valence-electron chi connectivity index (χ0n) is 45.8. The quantitative estimate of drug-likeness (QED) is 0.105. The number of hydrogen-bond acceptors (Lipinski definition) is 10. The molecule has 6 heterocycles. The lowest BCUT2D eigenvalue weighted by Crippen LogP contribution is -2.42. The van der Waals surface area contributed by atoms with Crippen molar-refractivity contribution in [3.63, 3.8) is 0 Å². The second-order valence-corrected chi connectivity index (χ2v) is 20.9. The van der Waals surface area contributed by atoms with E-state index < -0.39 is 40.1 Å². The van der Waals surface area contributed by atoms with Gasteiger partial charge in [0.1, 0.15) is 42.2 Å². The van der Waals surface area contributed by atoms with E-state index in [1.807, 2.05) is 63.2 Å². The zero-order chi connectivity index (χ0) is 58.0. The van der Waals surface area contributed by atoms with Crippen molar-refractivity contribution in [3.05, 3.63) is 155 Å². The van der Waals surface area contributed by atoms with E-state index in [2.05, 4.69) is 58.6 Å². The van der Waals surface area contributed by atoms with Crippen LogP contribution < -0.4 is 20.7 Å². The van der Waals surface area contributed by atoms with Crippen molar-refractivity contribution in [2.75, 3.05) is 0 Å². The van der Waals surface area contributed by atoms with Gasteiger partial charge in [-0.25, -0.2) is 43.1 Å². The van der Waals surface area contributed by atoms with E-state index in [1.165, 1.54) is 36.9 Å². The summed E-state index contributed by atoms with van der Waals surface area (Å²) in [6.45, 7) is 17.8. The molecule has 1 aliphatic carbocycles. The van der Waals surface area contributed by atoms with Gasteiger partial charge in [-0.1, -0.05) is 29.9 Å². The molecular weight excluding hydrogens is 1020 g/mol. The molecule has 3 aromatic carbocycles. The molecule has 10 rings (SSSR count). The molecule has 1 saturated carbocycles. The number of carbonyl (C=O) groups excluding carboxylic acids is 3. The molecule has 6 aromatic heterocycles. The van der Waals surface area contributed by atoms with E-state index in [4.69, 9.17) is 29.0 Å². The average Bonchev–Trinajstić information content (AvgIpc) is 3.71. The van der Waals surface area contributed by atoms with Crippen LogP contribution in [0.3, 0.4) is 0 Å². The van der Waals surface area contributed by atoms with Gasteiger partial charge >= 0.3 is 0 Å². The topological polar surface area (TPSA) is 187 Å². The number of halogens is 3. The van der Waals surface area contributed by atoms with Crippen LogP contribution in [0, 0.1) is 82.2 Å². The highest BCUT2D eigenvalue weighted by atomic mass is 19.1. The van der Waals surface area contributed by atoms with E-state index in [9.17, 15) is 27.6 Å². The Kier molecular flexibility index (Phi) is 15.7. The van der Waals surface area contributed by atoms with Crippen molar-refractivity contribution >= 4 is 34.7 Å². The number of hydrogen-bond donors (Lipinski definition) is 3. The number of aromatic nitrogens is 9. The second kappa shape index (κ2) is 22.3. The lowest BCUT2D eigenvalue weighted by molar-refractivity contribution is 0.0918. The Morgan fingerprint density at radius 3 is 1.25 bits per heavy atom. The molecule has 1 fully saturated rings. The molecular formula is C61H57F3N12O4. The number of rotatable bonds is 11. The minimum Gasteiger partial charge on any atom is -0.490 e. The summed E-state index contributed by atoms with van der Waals surface area (Å²) in [7, 11) is 0. The van der Waals surface area contributed by atoms with E-state index in [-0.39, 0.29) is 40.0 Å². The molecule has 0 unspecified atom stereocenters. The number of imidazole rings is 3. The number of nitrogens with zero attached hydrogens (tertiary/aromatic N) is 9. The number of nitrogens with one attached hydrogen (secondary N) is 3. The maximum absolute atomic E-state index is 13.8. The van der Waals surface area contributed by atoms with E-state index >= 15 is 0 Å². The van der Waals surface area contributed by atoms with Gasteiger partial charge in [-0.3, -0.25) is 27.6 Å². The van der Waals surface area contributed by atoms with E-state index in [1.54, 1.807) is 74.1 Å². The maximum atomic E-state index is 13.8. The first-order valence-corrected chi connectivity index (χ1v) is 25.2. The van der Waals surface area contributed by atoms with Crippen LogP contribution in [0.15, 0.2) is 97.8 Å². The molecule has 406 valence electrons. The summed E-state index contributed by atoms with van der Waals surface area (Å²) >= 11 is 0. The van der Waals surface area contributed by atoms with E-state index in [0.29, 0.717) is 40.0 Å². The van der Waals surface area contributed by atoms with Crippen molar-refractivity contribution < 1.29 is 32.3 Å². The van der Waals surface area contributed by atoms with Gasteiger partial charge in [-0.2, -0.15) is 0 Å². The highest BCUT2D eigenvalue weighted by Crippen LogP contribution is 2.31. The van der Waals surface area contributed by atoms with Crippen LogP contribution in [0.25, 0.3) is 50.7 Å². The number of benzene rings is 3. The molecule has 1 aliphatic rings. The normalized spacial score (nSPS) is 12.3. The first kappa shape index (κ1) is 56.4. The summed E-state index contributed by atoms with van der Waals surface area (Å²) < 4.78 is 51.9. The van der Waals surface area contributed by atoms with Gasteiger partial charge < -0.3 is 20.7 Å². The highest BCUT2D eigenvalue weighted by molar-refractivity contribution is 6.00. The largest absolute Gasteiger partial charge is 0.490 e. The molecule has 0 atom stereocenters. The number of aryl methyl sites for hydroxylation is 4. The Labute approximate surface area is 460 Å². The van der Waals surface area contributed by atoms with Crippen LogP contribution >= 0.6 is 0 Å². The standard InChI is InChI=1S/C22H22N4O2.C20H19FN4O.C19H16F2N4O/c1-5-22(3,4)25-21(27)19-20-24-18(11-14(2)26(20)13-23-19)15-7-6-8-17(12-15)28-16-9-10-16;1-6-20(4,5)24-19(26)17-18-23-16(9-13(3)25(18)11-22-17)14-7-12(2)8-15(21)10-14;1-5-19(3,4)24-18(26)16-17-23-15(6-11(2)25(17)10-22-16)12-7-13(20)9-14(21)8-12/h1,6-8,11-13,16H,9-10H2,2-4H3,(H,25,27);1,7-11H,2-5H3,(H,24,26);1,6-10H,2-4H3,(H,24,26).